The summed E-state index contributed by atoms with van der Waals surface area (Å²) in [4.78, 5) is 28.1. The minimum Gasteiger partial charge on any atom is -0.487 e. The highest BCUT2D eigenvalue weighted by atomic mass is 16.5. The van der Waals surface area contributed by atoms with Crippen LogP contribution in [0, 0.1) is 0 Å². The van der Waals surface area contributed by atoms with Gasteiger partial charge in [0.2, 0.25) is 5.91 Å². The zero-order valence-electron chi connectivity index (χ0n) is 15.0. The normalized spacial score (nSPS) is 10.2. The minimum absolute atomic E-state index is 0.00473. The molecule has 2 amide bonds. The van der Waals surface area contributed by atoms with Crippen molar-refractivity contribution in [1.29, 1.82) is 0 Å². The molecule has 3 aromatic rings. The van der Waals surface area contributed by atoms with Gasteiger partial charge in [-0.25, -0.2) is 10.5 Å². The Balaban J connectivity index is 1.64. The number of hydrogen-bond acceptors (Lipinski definition) is 5. The molecule has 28 heavy (non-hydrogen) atoms. The van der Waals surface area contributed by atoms with Crippen LogP contribution in [-0.4, -0.2) is 22.0 Å². The molecule has 0 spiro atoms. The Morgan fingerprint density at radius 2 is 1.75 bits per heavy atom. The Morgan fingerprint density at radius 3 is 2.54 bits per heavy atom. The largest absolute Gasteiger partial charge is 0.487 e. The van der Waals surface area contributed by atoms with Gasteiger partial charge in [-0.1, -0.05) is 36.4 Å². The summed E-state index contributed by atoms with van der Waals surface area (Å²) in [5.74, 6) is -0.176. The van der Waals surface area contributed by atoms with E-state index in [2.05, 4.69) is 10.3 Å². The van der Waals surface area contributed by atoms with E-state index in [0.29, 0.717) is 16.9 Å². The van der Waals surface area contributed by atoms with Gasteiger partial charge in [0.05, 0.1) is 12.1 Å². The molecule has 0 aliphatic rings. The molecule has 142 valence electrons. The van der Waals surface area contributed by atoms with Gasteiger partial charge in [0, 0.05) is 5.69 Å². The Labute approximate surface area is 162 Å². The summed E-state index contributed by atoms with van der Waals surface area (Å²) >= 11 is 0. The topological polar surface area (TPSA) is 101 Å². The quantitative estimate of drug-likeness (QED) is 0.434. The van der Waals surface area contributed by atoms with Crippen molar-refractivity contribution in [3.63, 3.8) is 0 Å². The van der Waals surface area contributed by atoms with Gasteiger partial charge >= 0.3 is 0 Å². The van der Waals surface area contributed by atoms with Crippen molar-refractivity contribution in [3.8, 4) is 5.75 Å². The van der Waals surface area contributed by atoms with E-state index in [-0.39, 0.29) is 24.6 Å². The van der Waals surface area contributed by atoms with Crippen molar-refractivity contribution >= 4 is 17.5 Å². The van der Waals surface area contributed by atoms with Crippen molar-refractivity contribution < 1.29 is 19.5 Å². The van der Waals surface area contributed by atoms with Crippen LogP contribution in [-0.2, 0) is 17.8 Å². The van der Waals surface area contributed by atoms with Crippen LogP contribution in [0.3, 0.4) is 0 Å². The summed E-state index contributed by atoms with van der Waals surface area (Å²) in [5, 5.41) is 11.4. The molecule has 3 N–H and O–H groups in total. The lowest BCUT2D eigenvalue weighted by Gasteiger charge is -2.09. The zero-order chi connectivity index (χ0) is 19.8. The SMILES string of the molecule is O=C(Cc1cccc(NC(=O)c2cccc(COc3ccccc3)n2)c1)NO. The number of rotatable bonds is 7. The number of carbonyl (C=O) groups is 2. The molecule has 0 aliphatic carbocycles. The third-order valence-electron chi connectivity index (χ3n) is 3.84. The van der Waals surface area contributed by atoms with Crippen LogP contribution < -0.4 is 15.5 Å². The van der Waals surface area contributed by atoms with Crippen LogP contribution in [0.2, 0.25) is 0 Å². The van der Waals surface area contributed by atoms with E-state index < -0.39 is 5.91 Å². The van der Waals surface area contributed by atoms with Crippen LogP contribution in [0.15, 0.2) is 72.8 Å². The van der Waals surface area contributed by atoms with Crippen molar-refractivity contribution in [1.82, 2.24) is 10.5 Å². The number of hydroxylamine groups is 1. The van der Waals surface area contributed by atoms with Gasteiger partial charge in [-0.3, -0.25) is 14.8 Å². The number of benzene rings is 2. The Hall–Kier alpha value is -3.71. The van der Waals surface area contributed by atoms with Crippen molar-refractivity contribution in [2.75, 3.05) is 5.32 Å². The number of pyridine rings is 1. The Bertz CT molecular complexity index is 961. The monoisotopic (exact) mass is 377 g/mol. The van der Waals surface area contributed by atoms with Crippen LogP contribution >= 0.6 is 0 Å². The van der Waals surface area contributed by atoms with E-state index in [4.69, 9.17) is 9.94 Å². The van der Waals surface area contributed by atoms with Crippen LogP contribution in [0.25, 0.3) is 0 Å². The van der Waals surface area contributed by atoms with Crippen LogP contribution in [0.1, 0.15) is 21.7 Å². The van der Waals surface area contributed by atoms with Crippen LogP contribution in [0.4, 0.5) is 5.69 Å². The number of carbonyl (C=O) groups excluding carboxylic acids is 2. The molecule has 0 saturated heterocycles. The lowest BCUT2D eigenvalue weighted by molar-refractivity contribution is -0.128. The third-order valence-corrected chi connectivity index (χ3v) is 3.84. The average molecular weight is 377 g/mol. The van der Waals surface area contributed by atoms with Gasteiger partial charge in [-0.15, -0.1) is 0 Å². The van der Waals surface area contributed by atoms with Crippen LogP contribution in [0.5, 0.6) is 5.75 Å². The Morgan fingerprint density at radius 1 is 0.964 bits per heavy atom. The molecule has 0 unspecified atom stereocenters. The summed E-state index contributed by atoms with van der Waals surface area (Å²) in [6.07, 6.45) is 0.00473. The fraction of sp³-hybridized carbons (Fsp3) is 0.0952. The maximum absolute atomic E-state index is 12.5. The first-order valence-corrected chi connectivity index (χ1v) is 8.61. The van der Waals surface area contributed by atoms with E-state index in [1.165, 1.54) is 0 Å². The summed E-state index contributed by atoms with van der Waals surface area (Å²) < 4.78 is 5.66. The first-order chi connectivity index (χ1) is 13.6. The molecule has 1 aromatic heterocycles. The molecule has 1 heterocycles. The summed E-state index contributed by atoms with van der Waals surface area (Å²) in [6, 6.07) is 21.3. The van der Waals surface area contributed by atoms with Gasteiger partial charge in [0.1, 0.15) is 18.1 Å². The maximum Gasteiger partial charge on any atom is 0.274 e. The van der Waals surface area contributed by atoms with E-state index in [0.717, 1.165) is 5.75 Å². The van der Waals surface area contributed by atoms with Gasteiger partial charge < -0.3 is 10.1 Å². The van der Waals surface area contributed by atoms with E-state index in [1.807, 2.05) is 30.3 Å². The van der Waals surface area contributed by atoms with Gasteiger partial charge in [-0.2, -0.15) is 0 Å². The maximum atomic E-state index is 12.5. The summed E-state index contributed by atoms with van der Waals surface area (Å²) in [5.41, 5.74) is 3.65. The molecule has 0 atom stereocenters. The fourth-order valence-electron chi connectivity index (χ4n) is 2.54. The zero-order valence-corrected chi connectivity index (χ0v) is 15.0. The number of aromatic nitrogens is 1. The van der Waals surface area contributed by atoms with Crippen molar-refractivity contribution in [2.24, 2.45) is 0 Å². The predicted molar refractivity (Wildman–Crippen MR) is 103 cm³/mol. The third kappa shape index (κ3) is 5.39. The molecular formula is C21H19N3O4. The second-order valence-electron chi connectivity index (χ2n) is 5.98. The lowest BCUT2D eigenvalue weighted by Crippen LogP contribution is -2.20. The van der Waals surface area contributed by atoms with E-state index in [9.17, 15) is 9.59 Å². The number of amides is 2. The summed E-state index contributed by atoms with van der Waals surface area (Å²) in [6.45, 7) is 0.247. The Kier molecular flexibility index (Phi) is 6.33. The molecule has 0 bridgehead atoms. The van der Waals surface area contributed by atoms with Gasteiger partial charge in [0.25, 0.3) is 5.91 Å². The van der Waals surface area contributed by atoms with Gasteiger partial charge in [-0.05, 0) is 42.0 Å². The van der Waals surface area contributed by atoms with Gasteiger partial charge in [0.15, 0.2) is 0 Å². The molecule has 2 aromatic carbocycles. The number of ether oxygens (including phenoxy) is 1. The molecule has 7 heteroatoms. The molecule has 0 saturated carbocycles. The second kappa shape index (κ2) is 9.29. The second-order valence-corrected chi connectivity index (χ2v) is 5.98. The first-order valence-electron chi connectivity index (χ1n) is 8.61. The van der Waals surface area contributed by atoms with E-state index >= 15 is 0 Å². The molecule has 7 nitrogen and oxygen atoms in total. The average Bonchev–Trinajstić information content (AvgIpc) is 2.73. The number of para-hydroxylation sites is 1. The highest BCUT2D eigenvalue weighted by Crippen LogP contribution is 2.14. The molecule has 0 radical (unpaired) electrons. The fourth-order valence-corrected chi connectivity index (χ4v) is 2.54. The van der Waals surface area contributed by atoms with Crippen molar-refractivity contribution in [2.45, 2.75) is 13.0 Å². The number of anilines is 1. The molecule has 3 rings (SSSR count). The lowest BCUT2D eigenvalue weighted by atomic mass is 10.1. The molecule has 0 aliphatic heterocycles. The first kappa shape index (κ1) is 19.1. The van der Waals surface area contributed by atoms with Crippen molar-refractivity contribution in [3.05, 3.63) is 89.7 Å². The summed E-state index contributed by atoms with van der Waals surface area (Å²) in [7, 11) is 0. The minimum atomic E-state index is -0.531. The molecule has 0 fully saturated rings. The smallest absolute Gasteiger partial charge is 0.274 e. The number of nitrogens with one attached hydrogen (secondary N) is 2. The number of hydrogen-bond donors (Lipinski definition) is 3. The van der Waals surface area contributed by atoms with E-state index in [1.54, 1.807) is 47.9 Å². The highest BCUT2D eigenvalue weighted by molar-refractivity contribution is 6.02. The standard InChI is InChI=1S/C21H19N3O4/c25-20(24-27)13-15-6-4-7-16(12-15)23-21(26)19-11-5-8-17(22-19)14-28-18-9-2-1-3-10-18/h1-12,27H,13-14H2,(H,23,26)(H,24,25). The predicted octanol–water partition coefficient (Wildman–Crippen LogP) is 2.96. The number of nitrogens with zero attached hydrogens (tertiary/aromatic N) is 1. The molecular weight excluding hydrogens is 358 g/mol. The highest BCUT2D eigenvalue weighted by Gasteiger charge is 2.10.